The number of benzene rings is 1. The Morgan fingerprint density at radius 3 is 2.15 bits per heavy atom. The molecule has 2 saturated heterocycles. The number of aromatic nitrogens is 4. The number of phenolic OH excluding ortho intramolecular Hbond substituents is 1. The van der Waals surface area contributed by atoms with Crippen molar-refractivity contribution < 1.29 is 27.1 Å². The van der Waals surface area contributed by atoms with E-state index in [1.807, 2.05) is 0 Å². The number of hydrogen-bond acceptors (Lipinski definition) is 9. The van der Waals surface area contributed by atoms with Crippen molar-refractivity contribution in [1.29, 1.82) is 0 Å². The molecule has 0 spiro atoms. The Morgan fingerprint density at radius 2 is 1.60 bits per heavy atom. The van der Waals surface area contributed by atoms with Crippen LogP contribution in [-0.4, -0.2) is 76.3 Å². The molecule has 2 aliphatic heterocycles. The van der Waals surface area contributed by atoms with Gasteiger partial charge in [-0.05, 0) is 50.0 Å². The second-order valence-corrected chi connectivity index (χ2v) is 15.3. The number of fused-ring (bicyclic) bond motifs is 2. The van der Waals surface area contributed by atoms with E-state index in [2.05, 4.69) is 21.5 Å². The van der Waals surface area contributed by atoms with Gasteiger partial charge in [-0.25, -0.2) is 32.2 Å². The van der Waals surface area contributed by atoms with Crippen LogP contribution in [0.1, 0.15) is 48.9 Å². The molecule has 1 aromatic carbocycles. The van der Waals surface area contributed by atoms with Crippen LogP contribution in [0.2, 0.25) is 0 Å². The molecular weight excluding hydrogens is 642 g/mol. The molecule has 8 rings (SSSR count). The molecule has 3 aromatic heterocycles. The SMILES string of the molecule is C=CC(=O)N1C[C@@H]2CN(c3c(S(C)(=O)=O)c(=O)n(-c4c(C5CC5)ncnc4C4CC4)c4nc(-c5c(O)cccc5F)c(F)cc34)C[C@@H]2C1. The van der Waals surface area contributed by atoms with Crippen molar-refractivity contribution in [1.82, 2.24) is 24.4 Å². The molecular formula is C34H32F2N6O5S. The van der Waals surface area contributed by atoms with Gasteiger partial charge in [0.25, 0.3) is 5.56 Å². The summed E-state index contributed by atoms with van der Waals surface area (Å²) >= 11 is 0. The average molecular weight is 675 g/mol. The Morgan fingerprint density at radius 1 is 0.979 bits per heavy atom. The first-order valence-corrected chi connectivity index (χ1v) is 17.8. The normalized spacial score (nSPS) is 20.8. The fourth-order valence-electron chi connectivity index (χ4n) is 7.45. The van der Waals surface area contributed by atoms with Gasteiger partial charge < -0.3 is 14.9 Å². The van der Waals surface area contributed by atoms with Crippen molar-refractivity contribution in [3.8, 4) is 22.7 Å². The monoisotopic (exact) mass is 674 g/mol. The number of pyridine rings is 2. The summed E-state index contributed by atoms with van der Waals surface area (Å²) in [6.07, 6.45) is 6.92. The summed E-state index contributed by atoms with van der Waals surface area (Å²) in [6, 6.07) is 4.62. The third-order valence-electron chi connectivity index (χ3n) is 9.95. The predicted octanol–water partition coefficient (Wildman–Crippen LogP) is 4.07. The minimum absolute atomic E-state index is 0.0123. The number of halogens is 2. The molecule has 5 heterocycles. The minimum Gasteiger partial charge on any atom is -0.507 e. The van der Waals surface area contributed by atoms with Gasteiger partial charge in [0, 0.05) is 61.5 Å². The maximum atomic E-state index is 16.3. The van der Waals surface area contributed by atoms with E-state index in [9.17, 15) is 23.1 Å². The molecule has 0 unspecified atom stereocenters. The van der Waals surface area contributed by atoms with E-state index >= 15 is 8.78 Å². The highest BCUT2D eigenvalue weighted by Crippen LogP contribution is 2.48. The van der Waals surface area contributed by atoms with Crippen LogP contribution in [0.3, 0.4) is 0 Å². The summed E-state index contributed by atoms with van der Waals surface area (Å²) in [5.41, 5.74) is -0.506. The Hall–Kier alpha value is -4.72. The highest BCUT2D eigenvalue weighted by Gasteiger charge is 2.44. The van der Waals surface area contributed by atoms with Crippen molar-refractivity contribution >= 4 is 32.5 Å². The number of hydrogen-bond donors (Lipinski definition) is 1. The zero-order valence-corrected chi connectivity index (χ0v) is 26.9. The van der Waals surface area contributed by atoms with Crippen LogP contribution in [0.5, 0.6) is 5.75 Å². The molecule has 4 aromatic rings. The molecule has 2 atom stereocenters. The van der Waals surface area contributed by atoms with Crippen molar-refractivity contribution in [3.05, 3.63) is 76.6 Å². The van der Waals surface area contributed by atoms with Crippen LogP contribution >= 0.6 is 0 Å². The van der Waals surface area contributed by atoms with Crippen LogP contribution in [0, 0.1) is 23.5 Å². The standard InChI is InChI=1S/C34H32F2N6O5S/c1-3-25(44)40-12-19-14-41(15-20(19)13-40)30-21-11-23(36)29(26-22(35)5-4-6-24(26)43)39-33(21)42(34(45)32(30)48(2,46)47)31-27(17-7-8-17)37-16-38-28(31)18-9-10-18/h3-6,11,16-20,43H,1,7-10,12-15H2,2H3/t19-,20+. The third kappa shape index (κ3) is 4.87. The summed E-state index contributed by atoms with van der Waals surface area (Å²) in [7, 11) is -4.24. The van der Waals surface area contributed by atoms with Gasteiger partial charge in [0.05, 0.1) is 28.3 Å². The van der Waals surface area contributed by atoms with Gasteiger partial charge in [-0.1, -0.05) is 12.6 Å². The molecule has 11 nitrogen and oxygen atoms in total. The number of likely N-dealkylation sites (tertiary alicyclic amines) is 1. The summed E-state index contributed by atoms with van der Waals surface area (Å²) in [4.78, 5) is 43.8. The summed E-state index contributed by atoms with van der Waals surface area (Å²) in [5.74, 6) is -2.71. The van der Waals surface area contributed by atoms with Gasteiger partial charge in [-0.15, -0.1) is 0 Å². The highest BCUT2D eigenvalue weighted by atomic mass is 32.2. The molecule has 1 N–H and O–H groups in total. The maximum Gasteiger partial charge on any atom is 0.277 e. The second kappa shape index (κ2) is 10.9. The number of amides is 1. The van der Waals surface area contributed by atoms with E-state index in [4.69, 9.17) is 0 Å². The third-order valence-corrected chi connectivity index (χ3v) is 11.1. The van der Waals surface area contributed by atoms with Crippen molar-refractivity contribution in [2.75, 3.05) is 37.3 Å². The molecule has 4 fully saturated rings. The fourth-order valence-corrected chi connectivity index (χ4v) is 8.45. The number of rotatable bonds is 7. The van der Waals surface area contributed by atoms with Crippen molar-refractivity contribution in [2.24, 2.45) is 11.8 Å². The topological polar surface area (TPSA) is 139 Å². The molecule has 0 radical (unpaired) electrons. The van der Waals surface area contributed by atoms with Crippen LogP contribution in [0.25, 0.3) is 28.0 Å². The number of carbonyl (C=O) groups is 1. The average Bonchev–Trinajstić information content (AvgIpc) is 3.97. The molecule has 248 valence electrons. The van der Waals surface area contributed by atoms with Gasteiger partial charge in [0.15, 0.2) is 26.2 Å². The zero-order valence-electron chi connectivity index (χ0n) is 26.1. The summed E-state index contributed by atoms with van der Waals surface area (Å²) in [6.45, 7) is 5.03. The van der Waals surface area contributed by atoms with Crippen LogP contribution in [0.4, 0.5) is 14.5 Å². The number of anilines is 1. The van der Waals surface area contributed by atoms with Gasteiger partial charge in [-0.2, -0.15) is 0 Å². The number of phenols is 1. The maximum absolute atomic E-state index is 16.3. The molecule has 1 amide bonds. The Kier molecular flexibility index (Phi) is 6.95. The van der Waals surface area contributed by atoms with Crippen LogP contribution in [-0.2, 0) is 14.6 Å². The lowest BCUT2D eigenvalue weighted by Crippen LogP contribution is -2.35. The van der Waals surface area contributed by atoms with E-state index in [-0.39, 0.29) is 46.3 Å². The van der Waals surface area contributed by atoms with Gasteiger partial charge >= 0.3 is 0 Å². The van der Waals surface area contributed by atoms with E-state index in [0.717, 1.165) is 44.1 Å². The van der Waals surface area contributed by atoms with Crippen LogP contribution < -0.4 is 10.5 Å². The Balaban J connectivity index is 1.44. The Bertz CT molecular complexity index is 2170. The quantitative estimate of drug-likeness (QED) is 0.288. The lowest BCUT2D eigenvalue weighted by molar-refractivity contribution is -0.125. The van der Waals surface area contributed by atoms with E-state index in [0.29, 0.717) is 43.3 Å². The number of nitrogens with zero attached hydrogens (tertiary/aromatic N) is 6. The van der Waals surface area contributed by atoms with E-state index in [1.165, 1.54) is 29.1 Å². The van der Waals surface area contributed by atoms with Crippen molar-refractivity contribution in [2.45, 2.75) is 42.4 Å². The number of aromatic hydroxyl groups is 1. The molecule has 4 aliphatic rings. The van der Waals surface area contributed by atoms with Crippen molar-refractivity contribution in [3.63, 3.8) is 0 Å². The molecule has 0 bridgehead atoms. The molecule has 2 aliphatic carbocycles. The van der Waals surface area contributed by atoms with E-state index < -0.39 is 48.9 Å². The predicted molar refractivity (Wildman–Crippen MR) is 173 cm³/mol. The first-order chi connectivity index (χ1) is 23.0. The lowest BCUT2D eigenvalue weighted by atomic mass is 10.0. The molecule has 2 saturated carbocycles. The number of sulfone groups is 1. The number of carbonyl (C=O) groups excluding carboxylic acids is 1. The van der Waals surface area contributed by atoms with E-state index in [1.54, 1.807) is 9.80 Å². The van der Waals surface area contributed by atoms with Crippen LogP contribution in [0.15, 0.2) is 52.9 Å². The first-order valence-electron chi connectivity index (χ1n) is 15.9. The Labute approximate surface area is 274 Å². The highest BCUT2D eigenvalue weighted by molar-refractivity contribution is 7.90. The molecule has 48 heavy (non-hydrogen) atoms. The largest absolute Gasteiger partial charge is 0.507 e. The smallest absolute Gasteiger partial charge is 0.277 e. The van der Waals surface area contributed by atoms with Gasteiger partial charge in [0.2, 0.25) is 5.91 Å². The first kappa shape index (κ1) is 30.6. The fraction of sp³-hybridized carbons (Fsp3) is 0.382. The second-order valence-electron chi connectivity index (χ2n) is 13.3. The summed E-state index contributed by atoms with van der Waals surface area (Å²) in [5, 5.41) is 10.7. The van der Waals surface area contributed by atoms with Gasteiger partial charge in [0.1, 0.15) is 23.6 Å². The lowest BCUT2D eigenvalue weighted by Gasteiger charge is -2.27. The summed E-state index contributed by atoms with van der Waals surface area (Å²) < 4.78 is 60.0. The zero-order chi connectivity index (χ0) is 33.6. The molecule has 14 heteroatoms. The van der Waals surface area contributed by atoms with Gasteiger partial charge in [-0.3, -0.25) is 14.2 Å². The minimum atomic E-state index is -4.24.